The monoisotopic (exact) mass is 417 g/mol. The molecule has 1 aromatic carbocycles. The Labute approximate surface area is 180 Å². The quantitative estimate of drug-likeness (QED) is 0.660. The van der Waals surface area contributed by atoms with Gasteiger partial charge in [-0.1, -0.05) is 6.07 Å². The van der Waals surface area contributed by atoms with E-state index in [0.717, 1.165) is 43.5 Å². The van der Waals surface area contributed by atoms with Crippen molar-refractivity contribution in [2.24, 2.45) is 5.92 Å². The molecule has 1 aliphatic carbocycles. The predicted molar refractivity (Wildman–Crippen MR) is 116 cm³/mol. The molecule has 158 valence electrons. The first-order chi connectivity index (χ1) is 15.2. The van der Waals surface area contributed by atoms with E-state index >= 15 is 0 Å². The molecule has 1 aliphatic heterocycles. The summed E-state index contributed by atoms with van der Waals surface area (Å²) in [6.07, 6.45) is 7.38. The zero-order chi connectivity index (χ0) is 21.2. The zero-order valence-electron chi connectivity index (χ0n) is 17.2. The Morgan fingerprint density at radius 2 is 2.00 bits per heavy atom. The summed E-state index contributed by atoms with van der Waals surface area (Å²) in [5.41, 5.74) is 2.26. The maximum absolute atomic E-state index is 13.7. The van der Waals surface area contributed by atoms with E-state index in [1.807, 2.05) is 23.1 Å². The molecule has 7 heteroatoms. The Morgan fingerprint density at radius 3 is 2.77 bits per heavy atom. The molecule has 1 atom stereocenters. The number of anilines is 2. The highest BCUT2D eigenvalue weighted by Gasteiger charge is 2.36. The second-order valence-corrected chi connectivity index (χ2v) is 8.27. The summed E-state index contributed by atoms with van der Waals surface area (Å²) >= 11 is 0. The number of benzene rings is 1. The van der Waals surface area contributed by atoms with Crippen LogP contribution >= 0.6 is 0 Å². The lowest BCUT2D eigenvalue weighted by atomic mass is 9.96. The van der Waals surface area contributed by atoms with Crippen LogP contribution in [0.25, 0.3) is 11.3 Å². The number of carbonyl (C=O) groups is 1. The van der Waals surface area contributed by atoms with Crippen molar-refractivity contribution >= 4 is 17.4 Å². The first-order valence-electron chi connectivity index (χ1n) is 10.8. The number of carbonyl (C=O) groups excluding carboxylic acids is 1. The molecule has 2 aliphatic rings. The Hall–Kier alpha value is -3.35. The van der Waals surface area contributed by atoms with Crippen molar-refractivity contribution in [3.63, 3.8) is 0 Å². The molecular formula is C24H24FN5O. The molecule has 1 saturated carbocycles. The average molecular weight is 417 g/mol. The van der Waals surface area contributed by atoms with Gasteiger partial charge in [0.05, 0.1) is 5.69 Å². The Balaban J connectivity index is 1.47. The molecule has 0 radical (unpaired) electrons. The SMILES string of the molecule is O=C(C1CC1)N1CCCC(c2nc(Nc3cccc(F)c3)cc(-c3cccnc3)n2)C1. The number of likely N-dealkylation sites (tertiary alicyclic amines) is 1. The summed E-state index contributed by atoms with van der Waals surface area (Å²) in [6, 6.07) is 12.0. The number of halogens is 1. The smallest absolute Gasteiger partial charge is 0.225 e. The van der Waals surface area contributed by atoms with E-state index in [1.54, 1.807) is 24.5 Å². The van der Waals surface area contributed by atoms with Crippen molar-refractivity contribution in [1.29, 1.82) is 0 Å². The largest absolute Gasteiger partial charge is 0.342 e. The molecule has 1 amide bonds. The van der Waals surface area contributed by atoms with Gasteiger partial charge in [0.2, 0.25) is 5.91 Å². The first kappa shape index (κ1) is 19.6. The summed E-state index contributed by atoms with van der Waals surface area (Å²) in [5, 5.41) is 3.20. The number of hydrogen-bond donors (Lipinski definition) is 1. The van der Waals surface area contributed by atoms with E-state index in [2.05, 4.69) is 10.3 Å². The van der Waals surface area contributed by atoms with Gasteiger partial charge in [0, 0.05) is 54.6 Å². The second kappa shape index (κ2) is 8.41. The van der Waals surface area contributed by atoms with E-state index in [4.69, 9.17) is 9.97 Å². The molecule has 31 heavy (non-hydrogen) atoms. The Bertz CT molecular complexity index is 1090. The van der Waals surface area contributed by atoms with E-state index in [-0.39, 0.29) is 23.6 Å². The summed E-state index contributed by atoms with van der Waals surface area (Å²) in [6.45, 7) is 1.45. The van der Waals surface area contributed by atoms with Gasteiger partial charge in [0.15, 0.2) is 0 Å². The summed E-state index contributed by atoms with van der Waals surface area (Å²) in [7, 11) is 0. The van der Waals surface area contributed by atoms with Crippen LogP contribution in [0.1, 0.15) is 37.4 Å². The average Bonchev–Trinajstić information content (AvgIpc) is 3.65. The molecule has 5 rings (SSSR count). The summed E-state index contributed by atoms with van der Waals surface area (Å²) in [4.78, 5) is 28.4. The fraction of sp³-hybridized carbons (Fsp3) is 0.333. The lowest BCUT2D eigenvalue weighted by Gasteiger charge is -2.32. The fourth-order valence-corrected chi connectivity index (χ4v) is 4.07. The molecule has 2 aromatic heterocycles. The molecular weight excluding hydrogens is 393 g/mol. The van der Waals surface area contributed by atoms with Gasteiger partial charge < -0.3 is 10.2 Å². The van der Waals surface area contributed by atoms with Crippen LogP contribution in [0.4, 0.5) is 15.9 Å². The van der Waals surface area contributed by atoms with Gasteiger partial charge in [0.25, 0.3) is 0 Å². The molecule has 2 fully saturated rings. The van der Waals surface area contributed by atoms with Crippen molar-refractivity contribution in [3.05, 3.63) is 66.5 Å². The number of pyridine rings is 1. The first-order valence-corrected chi connectivity index (χ1v) is 10.8. The normalized spacial score (nSPS) is 18.6. The fourth-order valence-electron chi connectivity index (χ4n) is 4.07. The number of rotatable bonds is 5. The van der Waals surface area contributed by atoms with E-state index in [9.17, 15) is 9.18 Å². The molecule has 0 spiro atoms. The minimum absolute atomic E-state index is 0.0705. The van der Waals surface area contributed by atoms with Crippen molar-refractivity contribution in [3.8, 4) is 11.3 Å². The molecule has 3 heterocycles. The van der Waals surface area contributed by atoms with Crippen molar-refractivity contribution in [2.45, 2.75) is 31.6 Å². The molecule has 1 saturated heterocycles. The lowest BCUT2D eigenvalue weighted by Crippen LogP contribution is -2.40. The maximum atomic E-state index is 13.7. The van der Waals surface area contributed by atoms with E-state index < -0.39 is 0 Å². The van der Waals surface area contributed by atoms with Crippen LogP contribution in [0, 0.1) is 11.7 Å². The number of piperidine rings is 1. The van der Waals surface area contributed by atoms with Gasteiger partial charge in [-0.2, -0.15) is 0 Å². The highest BCUT2D eigenvalue weighted by Crippen LogP contribution is 2.34. The third-order valence-electron chi connectivity index (χ3n) is 5.82. The minimum Gasteiger partial charge on any atom is -0.342 e. The van der Waals surface area contributed by atoms with E-state index in [0.29, 0.717) is 23.9 Å². The number of amides is 1. The van der Waals surface area contributed by atoms with Crippen LogP contribution in [0.5, 0.6) is 0 Å². The van der Waals surface area contributed by atoms with Crippen molar-refractivity contribution in [2.75, 3.05) is 18.4 Å². The van der Waals surface area contributed by atoms with Crippen LogP contribution in [0.3, 0.4) is 0 Å². The number of aromatic nitrogens is 3. The van der Waals surface area contributed by atoms with Crippen LogP contribution in [0.15, 0.2) is 54.9 Å². The third-order valence-corrected chi connectivity index (χ3v) is 5.82. The zero-order valence-corrected chi connectivity index (χ0v) is 17.2. The topological polar surface area (TPSA) is 71.0 Å². The molecule has 0 bridgehead atoms. The number of nitrogens with one attached hydrogen (secondary N) is 1. The van der Waals surface area contributed by atoms with Crippen molar-refractivity contribution in [1.82, 2.24) is 19.9 Å². The van der Waals surface area contributed by atoms with Gasteiger partial charge in [-0.15, -0.1) is 0 Å². The highest BCUT2D eigenvalue weighted by atomic mass is 19.1. The number of nitrogens with zero attached hydrogens (tertiary/aromatic N) is 4. The summed E-state index contributed by atoms with van der Waals surface area (Å²) in [5.74, 6) is 1.54. The van der Waals surface area contributed by atoms with Crippen LogP contribution in [0.2, 0.25) is 0 Å². The van der Waals surface area contributed by atoms with Crippen LogP contribution < -0.4 is 5.32 Å². The molecule has 6 nitrogen and oxygen atoms in total. The predicted octanol–water partition coefficient (Wildman–Crippen LogP) is 4.54. The molecule has 1 N–H and O–H groups in total. The van der Waals surface area contributed by atoms with Gasteiger partial charge >= 0.3 is 0 Å². The summed E-state index contributed by atoms with van der Waals surface area (Å²) < 4.78 is 13.7. The molecule has 3 aromatic rings. The van der Waals surface area contributed by atoms with E-state index in [1.165, 1.54) is 12.1 Å². The maximum Gasteiger partial charge on any atom is 0.225 e. The second-order valence-electron chi connectivity index (χ2n) is 8.27. The van der Waals surface area contributed by atoms with Gasteiger partial charge in [-0.3, -0.25) is 9.78 Å². The highest BCUT2D eigenvalue weighted by molar-refractivity contribution is 5.81. The van der Waals surface area contributed by atoms with Crippen molar-refractivity contribution < 1.29 is 9.18 Å². The standard InChI is InChI=1S/C24H24FN5O/c25-19-6-1-7-20(12-19)27-22-13-21(17-4-2-10-26-14-17)28-23(29-22)18-5-3-11-30(15-18)24(31)16-8-9-16/h1-2,4,6-7,10,12-14,16,18H,3,5,8-9,11,15H2,(H,27,28,29). The lowest BCUT2D eigenvalue weighted by molar-refractivity contribution is -0.133. The Morgan fingerprint density at radius 1 is 1.10 bits per heavy atom. The third kappa shape index (κ3) is 4.55. The van der Waals surface area contributed by atoms with Crippen LogP contribution in [-0.4, -0.2) is 38.8 Å². The molecule has 1 unspecified atom stereocenters. The van der Waals surface area contributed by atoms with Gasteiger partial charge in [-0.05, 0) is 56.0 Å². The Kier molecular flexibility index (Phi) is 5.32. The van der Waals surface area contributed by atoms with Gasteiger partial charge in [0.1, 0.15) is 17.5 Å². The minimum atomic E-state index is -0.312. The number of hydrogen-bond acceptors (Lipinski definition) is 5. The van der Waals surface area contributed by atoms with Gasteiger partial charge in [-0.25, -0.2) is 14.4 Å². The van der Waals surface area contributed by atoms with Crippen LogP contribution in [-0.2, 0) is 4.79 Å².